The van der Waals surface area contributed by atoms with E-state index in [1.165, 1.54) is 0 Å². The summed E-state index contributed by atoms with van der Waals surface area (Å²) in [6, 6.07) is 20.9. The molecule has 0 fully saturated rings. The summed E-state index contributed by atoms with van der Waals surface area (Å²) in [5, 5.41) is 0. The number of para-hydroxylation sites is 2. The molecule has 0 saturated carbocycles. The van der Waals surface area contributed by atoms with Crippen LogP contribution in [0.25, 0.3) is 0 Å². The molecule has 1 aromatic heterocycles. The van der Waals surface area contributed by atoms with Gasteiger partial charge in [0.25, 0.3) is 5.91 Å². The molecule has 0 spiro atoms. The summed E-state index contributed by atoms with van der Waals surface area (Å²) in [5.74, 6) is -0.0965. The summed E-state index contributed by atoms with van der Waals surface area (Å²) < 4.78 is 0. The van der Waals surface area contributed by atoms with E-state index in [9.17, 15) is 9.59 Å². The standard InChI is InChI=1S/C24H23N3O2/c1-17-15-23(27(18(2)28)20-10-4-3-5-11-20)21-12-6-7-13-22(21)26(17)24(29)19-9-8-14-25-16-19/h3-14,16-17,23H,15H2,1-2H3. The molecule has 5 heteroatoms. The van der Waals surface area contributed by atoms with Gasteiger partial charge < -0.3 is 9.80 Å². The number of rotatable bonds is 3. The summed E-state index contributed by atoms with van der Waals surface area (Å²) in [5.41, 5.74) is 3.23. The fourth-order valence-corrected chi connectivity index (χ4v) is 4.13. The molecule has 2 amide bonds. The van der Waals surface area contributed by atoms with E-state index in [2.05, 4.69) is 4.98 Å². The second-order valence-electron chi connectivity index (χ2n) is 7.30. The Balaban J connectivity index is 1.79. The van der Waals surface area contributed by atoms with Gasteiger partial charge in [-0.25, -0.2) is 0 Å². The molecular weight excluding hydrogens is 362 g/mol. The molecule has 0 aliphatic carbocycles. The Labute approximate surface area is 170 Å². The maximum Gasteiger partial charge on any atom is 0.260 e. The number of carbonyl (C=O) groups is 2. The average molecular weight is 385 g/mol. The Morgan fingerprint density at radius 2 is 1.72 bits per heavy atom. The quantitative estimate of drug-likeness (QED) is 0.661. The first-order chi connectivity index (χ1) is 14.1. The fourth-order valence-electron chi connectivity index (χ4n) is 4.13. The van der Waals surface area contributed by atoms with Crippen LogP contribution in [0.5, 0.6) is 0 Å². The third kappa shape index (κ3) is 3.51. The molecule has 5 nitrogen and oxygen atoms in total. The zero-order valence-electron chi connectivity index (χ0n) is 16.5. The molecule has 0 N–H and O–H groups in total. The fraction of sp³-hybridized carbons (Fsp3) is 0.208. The first kappa shape index (κ1) is 18.9. The molecule has 2 aromatic carbocycles. The van der Waals surface area contributed by atoms with Crippen molar-refractivity contribution in [2.45, 2.75) is 32.4 Å². The van der Waals surface area contributed by atoms with Crippen LogP contribution < -0.4 is 9.80 Å². The Morgan fingerprint density at radius 3 is 2.41 bits per heavy atom. The van der Waals surface area contributed by atoms with Crippen LogP contribution in [0.2, 0.25) is 0 Å². The van der Waals surface area contributed by atoms with Crippen LogP contribution in [0.3, 0.4) is 0 Å². The third-order valence-electron chi connectivity index (χ3n) is 5.37. The van der Waals surface area contributed by atoms with Gasteiger partial charge in [0.1, 0.15) is 0 Å². The first-order valence-corrected chi connectivity index (χ1v) is 9.75. The second-order valence-corrected chi connectivity index (χ2v) is 7.30. The summed E-state index contributed by atoms with van der Waals surface area (Å²) in [7, 11) is 0. The highest BCUT2D eigenvalue weighted by atomic mass is 16.2. The molecule has 29 heavy (non-hydrogen) atoms. The van der Waals surface area contributed by atoms with E-state index in [-0.39, 0.29) is 23.9 Å². The Morgan fingerprint density at radius 1 is 1.00 bits per heavy atom. The zero-order chi connectivity index (χ0) is 20.4. The van der Waals surface area contributed by atoms with Crippen molar-refractivity contribution in [2.75, 3.05) is 9.80 Å². The minimum Gasteiger partial charge on any atom is -0.305 e. The van der Waals surface area contributed by atoms with Gasteiger partial charge in [-0.15, -0.1) is 0 Å². The minimum absolute atomic E-state index is 0.0183. The van der Waals surface area contributed by atoms with E-state index in [4.69, 9.17) is 0 Å². The molecule has 2 unspecified atom stereocenters. The van der Waals surface area contributed by atoms with Gasteiger partial charge in [-0.1, -0.05) is 36.4 Å². The lowest BCUT2D eigenvalue weighted by atomic mass is 9.89. The van der Waals surface area contributed by atoms with Gasteiger partial charge in [0, 0.05) is 36.7 Å². The smallest absolute Gasteiger partial charge is 0.260 e. The molecule has 3 aromatic rings. The highest BCUT2D eigenvalue weighted by Crippen LogP contribution is 2.42. The van der Waals surface area contributed by atoms with Gasteiger partial charge in [0.15, 0.2) is 0 Å². The highest BCUT2D eigenvalue weighted by molar-refractivity contribution is 6.07. The molecule has 146 valence electrons. The Kier molecular flexibility index (Phi) is 5.12. The predicted molar refractivity (Wildman–Crippen MR) is 114 cm³/mol. The Hall–Kier alpha value is -3.47. The topological polar surface area (TPSA) is 53.5 Å². The monoisotopic (exact) mass is 385 g/mol. The molecule has 4 rings (SSSR count). The van der Waals surface area contributed by atoms with E-state index < -0.39 is 0 Å². The lowest BCUT2D eigenvalue weighted by molar-refractivity contribution is -0.117. The maximum atomic E-state index is 13.3. The largest absolute Gasteiger partial charge is 0.305 e. The number of aromatic nitrogens is 1. The van der Waals surface area contributed by atoms with Gasteiger partial charge in [-0.3, -0.25) is 14.6 Å². The molecular formula is C24H23N3O2. The van der Waals surface area contributed by atoms with E-state index in [1.807, 2.05) is 71.3 Å². The van der Waals surface area contributed by atoms with E-state index in [0.29, 0.717) is 12.0 Å². The Bertz CT molecular complexity index is 1020. The number of carbonyl (C=O) groups excluding carboxylic acids is 2. The van der Waals surface area contributed by atoms with Gasteiger partial charge in [0.2, 0.25) is 5.91 Å². The van der Waals surface area contributed by atoms with Gasteiger partial charge in [-0.05, 0) is 49.2 Å². The maximum absolute atomic E-state index is 13.3. The van der Waals surface area contributed by atoms with Crippen LogP contribution in [0.15, 0.2) is 79.1 Å². The van der Waals surface area contributed by atoms with E-state index in [0.717, 1.165) is 16.9 Å². The molecule has 1 aliphatic rings. The zero-order valence-corrected chi connectivity index (χ0v) is 16.5. The van der Waals surface area contributed by atoms with Crippen LogP contribution in [0.4, 0.5) is 11.4 Å². The van der Waals surface area contributed by atoms with E-state index >= 15 is 0 Å². The SMILES string of the molecule is CC(=O)N(c1ccccc1)C1CC(C)N(C(=O)c2cccnc2)c2ccccc21. The molecule has 0 radical (unpaired) electrons. The van der Waals surface area contributed by atoms with Crippen molar-refractivity contribution in [2.24, 2.45) is 0 Å². The van der Waals surface area contributed by atoms with Crippen LogP contribution >= 0.6 is 0 Å². The number of benzene rings is 2. The summed E-state index contributed by atoms with van der Waals surface area (Å²) in [6.07, 6.45) is 3.90. The lowest BCUT2D eigenvalue weighted by Crippen LogP contribution is -2.47. The number of anilines is 2. The van der Waals surface area contributed by atoms with Crippen molar-refractivity contribution in [3.05, 3.63) is 90.3 Å². The molecule has 2 atom stereocenters. The molecule has 0 saturated heterocycles. The normalized spacial score (nSPS) is 18.1. The van der Waals surface area contributed by atoms with Crippen molar-refractivity contribution < 1.29 is 9.59 Å². The highest BCUT2D eigenvalue weighted by Gasteiger charge is 2.38. The van der Waals surface area contributed by atoms with Crippen LogP contribution in [-0.4, -0.2) is 22.8 Å². The van der Waals surface area contributed by atoms with Gasteiger partial charge >= 0.3 is 0 Å². The van der Waals surface area contributed by atoms with E-state index in [1.54, 1.807) is 31.5 Å². The first-order valence-electron chi connectivity index (χ1n) is 9.75. The summed E-state index contributed by atoms with van der Waals surface area (Å²) in [4.78, 5) is 33.6. The summed E-state index contributed by atoms with van der Waals surface area (Å²) in [6.45, 7) is 3.62. The van der Waals surface area contributed by atoms with Crippen molar-refractivity contribution in [1.82, 2.24) is 4.98 Å². The number of nitrogens with zero attached hydrogens (tertiary/aromatic N) is 3. The number of amides is 2. The number of pyridine rings is 1. The number of fused-ring (bicyclic) bond motifs is 1. The predicted octanol–water partition coefficient (Wildman–Crippen LogP) is 4.61. The number of hydrogen-bond acceptors (Lipinski definition) is 3. The van der Waals surface area contributed by atoms with Crippen LogP contribution in [0, 0.1) is 0 Å². The van der Waals surface area contributed by atoms with Gasteiger partial charge in [0.05, 0.1) is 11.6 Å². The van der Waals surface area contributed by atoms with Crippen molar-refractivity contribution >= 4 is 23.2 Å². The van der Waals surface area contributed by atoms with Crippen molar-refractivity contribution in [1.29, 1.82) is 0 Å². The third-order valence-corrected chi connectivity index (χ3v) is 5.37. The minimum atomic E-state index is -0.140. The molecule has 2 heterocycles. The average Bonchev–Trinajstić information content (AvgIpc) is 2.75. The molecule has 0 bridgehead atoms. The second kappa shape index (κ2) is 7.87. The van der Waals surface area contributed by atoms with Crippen molar-refractivity contribution in [3.8, 4) is 0 Å². The summed E-state index contributed by atoms with van der Waals surface area (Å²) >= 11 is 0. The van der Waals surface area contributed by atoms with Gasteiger partial charge in [-0.2, -0.15) is 0 Å². The van der Waals surface area contributed by atoms with Crippen LogP contribution in [-0.2, 0) is 4.79 Å². The van der Waals surface area contributed by atoms with Crippen molar-refractivity contribution in [3.63, 3.8) is 0 Å². The number of hydrogen-bond donors (Lipinski definition) is 0. The van der Waals surface area contributed by atoms with Crippen LogP contribution in [0.1, 0.15) is 42.2 Å². The lowest BCUT2D eigenvalue weighted by Gasteiger charge is -2.43. The molecule has 1 aliphatic heterocycles.